The fraction of sp³-hybridized carbons (Fsp3) is 0.167. The van der Waals surface area contributed by atoms with Crippen LogP contribution in [0.4, 0.5) is 15.8 Å². The van der Waals surface area contributed by atoms with E-state index in [1.54, 1.807) is 11.3 Å². The van der Waals surface area contributed by atoms with E-state index in [2.05, 4.69) is 21.2 Å². The third kappa shape index (κ3) is 3.30. The van der Waals surface area contributed by atoms with E-state index < -0.39 is 16.4 Å². The van der Waals surface area contributed by atoms with Crippen LogP contribution in [0.15, 0.2) is 34.1 Å². The lowest BCUT2D eigenvalue weighted by Gasteiger charge is -2.13. The second-order valence-electron chi connectivity index (χ2n) is 3.93. The third-order valence-corrected chi connectivity index (χ3v) is 4.35. The third-order valence-electron chi connectivity index (χ3n) is 2.55. The van der Waals surface area contributed by atoms with Gasteiger partial charge in [-0.2, -0.15) is 4.39 Å². The fourth-order valence-electron chi connectivity index (χ4n) is 1.63. The number of nitro groups is 1. The van der Waals surface area contributed by atoms with Crippen molar-refractivity contribution in [2.75, 3.05) is 5.32 Å². The minimum absolute atomic E-state index is 0.00263. The molecule has 4 nitrogen and oxygen atoms in total. The second kappa shape index (κ2) is 5.66. The van der Waals surface area contributed by atoms with Gasteiger partial charge in [-0.25, -0.2) is 0 Å². The lowest BCUT2D eigenvalue weighted by molar-refractivity contribution is -0.387. The minimum Gasteiger partial charge on any atom is -0.378 e. The van der Waals surface area contributed by atoms with Gasteiger partial charge in [-0.3, -0.25) is 10.1 Å². The van der Waals surface area contributed by atoms with E-state index >= 15 is 0 Å². The number of anilines is 1. The minimum atomic E-state index is -0.838. The van der Waals surface area contributed by atoms with Crippen molar-refractivity contribution in [1.82, 2.24) is 0 Å². The molecule has 0 saturated heterocycles. The van der Waals surface area contributed by atoms with Crippen LogP contribution < -0.4 is 5.32 Å². The van der Waals surface area contributed by atoms with E-state index in [-0.39, 0.29) is 6.04 Å². The zero-order valence-electron chi connectivity index (χ0n) is 9.89. The van der Waals surface area contributed by atoms with Gasteiger partial charge in [0.2, 0.25) is 5.82 Å². The molecule has 2 rings (SSSR count). The molecule has 0 saturated carbocycles. The molecular formula is C12H10BrFN2O2S. The first-order valence-electron chi connectivity index (χ1n) is 5.43. The molecule has 0 aliphatic carbocycles. The average molecular weight is 345 g/mol. The Morgan fingerprint density at radius 1 is 1.42 bits per heavy atom. The topological polar surface area (TPSA) is 55.2 Å². The fourth-order valence-corrected chi connectivity index (χ4v) is 3.05. The van der Waals surface area contributed by atoms with Crippen LogP contribution in [0.1, 0.15) is 17.8 Å². The lowest BCUT2D eigenvalue weighted by Crippen LogP contribution is -2.05. The van der Waals surface area contributed by atoms with E-state index in [1.165, 1.54) is 6.07 Å². The first-order valence-corrected chi connectivity index (χ1v) is 7.04. The van der Waals surface area contributed by atoms with Gasteiger partial charge in [0, 0.05) is 22.7 Å². The Bertz CT molecular complexity index is 618. The number of hydrogen-bond acceptors (Lipinski definition) is 4. The highest BCUT2D eigenvalue weighted by Crippen LogP contribution is 2.30. The number of nitro benzene ring substituents is 1. The molecule has 19 heavy (non-hydrogen) atoms. The van der Waals surface area contributed by atoms with E-state index in [1.807, 2.05) is 19.1 Å². The highest BCUT2D eigenvalue weighted by molar-refractivity contribution is 9.11. The van der Waals surface area contributed by atoms with Crippen molar-refractivity contribution in [2.24, 2.45) is 0 Å². The van der Waals surface area contributed by atoms with E-state index in [0.29, 0.717) is 5.69 Å². The number of nitrogens with one attached hydrogen (secondary N) is 1. The van der Waals surface area contributed by atoms with Gasteiger partial charge in [0.15, 0.2) is 0 Å². The second-order valence-corrected chi connectivity index (χ2v) is 6.43. The van der Waals surface area contributed by atoms with E-state index in [0.717, 1.165) is 20.8 Å². The van der Waals surface area contributed by atoms with Crippen LogP contribution in [0.5, 0.6) is 0 Å². The number of nitrogens with zero attached hydrogens (tertiary/aromatic N) is 1. The van der Waals surface area contributed by atoms with Crippen molar-refractivity contribution in [3.8, 4) is 0 Å². The first kappa shape index (κ1) is 14.0. The zero-order chi connectivity index (χ0) is 14.0. The highest BCUT2D eigenvalue weighted by Gasteiger charge is 2.15. The number of halogens is 2. The maximum Gasteiger partial charge on any atom is 0.304 e. The summed E-state index contributed by atoms with van der Waals surface area (Å²) >= 11 is 4.96. The molecule has 0 amide bonds. The predicted octanol–water partition coefficient (Wildman–Crippen LogP) is 4.73. The quantitative estimate of drug-likeness (QED) is 0.644. The van der Waals surface area contributed by atoms with Gasteiger partial charge in [0.05, 0.1) is 14.8 Å². The van der Waals surface area contributed by atoms with Gasteiger partial charge in [-0.15, -0.1) is 11.3 Å². The number of benzene rings is 1. The molecule has 0 fully saturated rings. The standard InChI is InChI=1S/C12H10BrFN2O2S/c1-7(11-4-5-12(13)19-11)15-8-2-3-10(16(17)18)9(14)6-8/h2-7,15H,1H3. The summed E-state index contributed by atoms with van der Waals surface area (Å²) in [5, 5.41) is 13.6. The molecule has 1 aromatic carbocycles. The molecular weight excluding hydrogens is 335 g/mol. The highest BCUT2D eigenvalue weighted by atomic mass is 79.9. The molecule has 1 unspecified atom stereocenters. The maximum absolute atomic E-state index is 13.5. The van der Waals surface area contributed by atoms with Crippen LogP contribution in [-0.2, 0) is 0 Å². The monoisotopic (exact) mass is 344 g/mol. The Labute approximate surface area is 121 Å². The van der Waals surface area contributed by atoms with Gasteiger partial charge in [-0.1, -0.05) is 0 Å². The van der Waals surface area contributed by atoms with Gasteiger partial charge < -0.3 is 5.32 Å². The maximum atomic E-state index is 13.5. The van der Waals surface area contributed by atoms with Crippen LogP contribution in [0.2, 0.25) is 0 Å². The molecule has 100 valence electrons. The SMILES string of the molecule is CC(Nc1ccc([N+](=O)[O-])c(F)c1)c1ccc(Br)s1. The summed E-state index contributed by atoms with van der Waals surface area (Å²) in [5.41, 5.74) is -0.00260. The molecule has 1 atom stereocenters. The summed E-state index contributed by atoms with van der Waals surface area (Å²) in [7, 11) is 0. The average Bonchev–Trinajstić information content (AvgIpc) is 2.75. The summed E-state index contributed by atoms with van der Waals surface area (Å²) in [5.74, 6) is -0.838. The molecule has 0 spiro atoms. The van der Waals surface area contributed by atoms with Gasteiger partial charge in [0.25, 0.3) is 0 Å². The van der Waals surface area contributed by atoms with Crippen LogP contribution in [0, 0.1) is 15.9 Å². The Morgan fingerprint density at radius 2 is 2.16 bits per heavy atom. The molecule has 2 aromatic rings. The summed E-state index contributed by atoms with van der Waals surface area (Å²) in [6.07, 6.45) is 0. The van der Waals surface area contributed by atoms with Crippen molar-refractivity contribution >= 4 is 38.6 Å². The molecule has 7 heteroatoms. The Morgan fingerprint density at radius 3 is 2.68 bits per heavy atom. The zero-order valence-corrected chi connectivity index (χ0v) is 12.3. The number of thiophene rings is 1. The Balaban J connectivity index is 2.15. The largest absolute Gasteiger partial charge is 0.378 e. The number of hydrogen-bond donors (Lipinski definition) is 1. The molecule has 0 aliphatic heterocycles. The normalized spacial score (nSPS) is 12.2. The first-order chi connectivity index (χ1) is 8.97. The Hall–Kier alpha value is -1.47. The van der Waals surface area contributed by atoms with Crippen LogP contribution in [0.3, 0.4) is 0 Å². The van der Waals surface area contributed by atoms with Crippen molar-refractivity contribution in [1.29, 1.82) is 0 Å². The smallest absolute Gasteiger partial charge is 0.304 e. The van der Waals surface area contributed by atoms with E-state index in [9.17, 15) is 14.5 Å². The van der Waals surface area contributed by atoms with Gasteiger partial charge in [-0.05, 0) is 41.1 Å². The van der Waals surface area contributed by atoms with Gasteiger partial charge >= 0.3 is 5.69 Å². The van der Waals surface area contributed by atoms with Crippen molar-refractivity contribution in [2.45, 2.75) is 13.0 Å². The molecule has 1 heterocycles. The van der Waals surface area contributed by atoms with Crippen LogP contribution in [-0.4, -0.2) is 4.92 Å². The summed E-state index contributed by atoms with van der Waals surface area (Å²) < 4.78 is 14.5. The van der Waals surface area contributed by atoms with Crippen molar-refractivity contribution in [3.05, 3.63) is 54.9 Å². The molecule has 1 aromatic heterocycles. The Kier molecular flexibility index (Phi) is 4.16. The molecule has 0 aliphatic rings. The molecule has 1 N–H and O–H groups in total. The summed E-state index contributed by atoms with van der Waals surface area (Å²) in [6, 6.07) is 7.70. The van der Waals surface area contributed by atoms with Crippen LogP contribution in [0.25, 0.3) is 0 Å². The van der Waals surface area contributed by atoms with Crippen LogP contribution >= 0.6 is 27.3 Å². The molecule has 0 bridgehead atoms. The predicted molar refractivity (Wildman–Crippen MR) is 77.1 cm³/mol. The van der Waals surface area contributed by atoms with E-state index in [4.69, 9.17) is 0 Å². The van der Waals surface area contributed by atoms with Crippen molar-refractivity contribution < 1.29 is 9.31 Å². The summed E-state index contributed by atoms with van der Waals surface area (Å²) in [6.45, 7) is 1.94. The number of rotatable bonds is 4. The summed E-state index contributed by atoms with van der Waals surface area (Å²) in [4.78, 5) is 10.9. The molecule has 0 radical (unpaired) electrons. The van der Waals surface area contributed by atoms with Crippen molar-refractivity contribution in [3.63, 3.8) is 0 Å². The lowest BCUT2D eigenvalue weighted by atomic mass is 10.2. The van der Waals surface area contributed by atoms with Gasteiger partial charge in [0.1, 0.15) is 0 Å².